The first-order chi connectivity index (χ1) is 13.1. The van der Waals surface area contributed by atoms with Crippen LogP contribution in [0.4, 0.5) is 5.82 Å². The van der Waals surface area contributed by atoms with Gasteiger partial charge in [0.1, 0.15) is 5.82 Å². The van der Waals surface area contributed by atoms with Crippen LogP contribution >= 0.6 is 0 Å². The van der Waals surface area contributed by atoms with Crippen LogP contribution in [0.3, 0.4) is 0 Å². The maximum Gasteiger partial charge on any atom is 0.227 e. The number of aryl methyl sites for hydroxylation is 2. The Balaban J connectivity index is 1.67. The molecular formula is C21H29N5O. The number of nitrogens with one attached hydrogen (secondary N) is 3. The molecule has 144 valence electrons. The van der Waals surface area contributed by atoms with Crippen molar-refractivity contribution in [2.45, 2.75) is 39.2 Å². The van der Waals surface area contributed by atoms with Crippen molar-refractivity contribution in [1.29, 1.82) is 0 Å². The molecule has 0 bridgehead atoms. The Labute approximate surface area is 161 Å². The number of amides is 1. The van der Waals surface area contributed by atoms with Crippen LogP contribution in [0.1, 0.15) is 31.0 Å². The molecule has 0 aliphatic carbocycles. The molecule has 1 atom stereocenters. The average Bonchev–Trinajstić information content (AvgIpc) is 2.66. The van der Waals surface area contributed by atoms with Gasteiger partial charge in [-0.25, -0.2) is 4.98 Å². The molecule has 0 aliphatic rings. The SMILES string of the molecule is CN=C(NCCC(=O)Nc1cccc(C)n1)NC(C)CCc1ccccc1. The van der Waals surface area contributed by atoms with Gasteiger partial charge in [-0.1, -0.05) is 36.4 Å². The molecule has 0 spiro atoms. The third-order valence-corrected chi connectivity index (χ3v) is 4.12. The lowest BCUT2D eigenvalue weighted by Crippen LogP contribution is -2.43. The maximum atomic E-state index is 12.0. The largest absolute Gasteiger partial charge is 0.356 e. The van der Waals surface area contributed by atoms with Gasteiger partial charge in [0, 0.05) is 31.7 Å². The van der Waals surface area contributed by atoms with Gasteiger partial charge in [-0.05, 0) is 44.4 Å². The fourth-order valence-corrected chi connectivity index (χ4v) is 2.64. The van der Waals surface area contributed by atoms with Crippen molar-refractivity contribution in [2.24, 2.45) is 4.99 Å². The van der Waals surface area contributed by atoms with E-state index in [-0.39, 0.29) is 11.9 Å². The first kappa shape index (κ1) is 20.4. The molecule has 2 aromatic rings. The minimum atomic E-state index is -0.0758. The van der Waals surface area contributed by atoms with Crippen LogP contribution in [-0.4, -0.2) is 36.5 Å². The number of hydrogen-bond acceptors (Lipinski definition) is 3. The zero-order valence-corrected chi connectivity index (χ0v) is 16.3. The van der Waals surface area contributed by atoms with Crippen LogP contribution < -0.4 is 16.0 Å². The highest BCUT2D eigenvalue weighted by Gasteiger charge is 2.07. The standard InChI is InChI=1S/C21H29N5O/c1-16-8-7-11-19(24-16)26-20(27)14-15-23-21(22-3)25-17(2)12-13-18-9-5-4-6-10-18/h4-11,17H,12-15H2,1-3H3,(H2,22,23,25)(H,24,26,27). The summed E-state index contributed by atoms with van der Waals surface area (Å²) in [6.07, 6.45) is 2.36. The van der Waals surface area contributed by atoms with Gasteiger partial charge in [-0.15, -0.1) is 0 Å². The lowest BCUT2D eigenvalue weighted by Gasteiger charge is -2.18. The number of pyridine rings is 1. The maximum absolute atomic E-state index is 12.0. The highest BCUT2D eigenvalue weighted by molar-refractivity contribution is 5.90. The number of carbonyl (C=O) groups is 1. The number of rotatable bonds is 8. The molecule has 1 heterocycles. The Bertz CT molecular complexity index is 745. The number of carbonyl (C=O) groups excluding carboxylic acids is 1. The lowest BCUT2D eigenvalue weighted by atomic mass is 10.1. The Morgan fingerprint density at radius 3 is 2.63 bits per heavy atom. The van der Waals surface area contributed by atoms with E-state index in [0.717, 1.165) is 18.5 Å². The molecule has 0 saturated carbocycles. The molecule has 27 heavy (non-hydrogen) atoms. The van der Waals surface area contributed by atoms with E-state index >= 15 is 0 Å². The molecule has 0 aliphatic heterocycles. The topological polar surface area (TPSA) is 78.4 Å². The van der Waals surface area contributed by atoms with Crippen LogP contribution in [0.15, 0.2) is 53.5 Å². The summed E-state index contributed by atoms with van der Waals surface area (Å²) < 4.78 is 0. The van der Waals surface area contributed by atoms with E-state index in [1.54, 1.807) is 13.1 Å². The number of hydrogen-bond donors (Lipinski definition) is 3. The number of guanidine groups is 1. The smallest absolute Gasteiger partial charge is 0.227 e. The van der Waals surface area contributed by atoms with Crippen LogP contribution in [0, 0.1) is 6.92 Å². The molecule has 6 heteroatoms. The summed E-state index contributed by atoms with van der Waals surface area (Å²) in [4.78, 5) is 20.5. The summed E-state index contributed by atoms with van der Waals surface area (Å²) in [5.74, 6) is 1.21. The van der Waals surface area contributed by atoms with E-state index in [9.17, 15) is 4.79 Å². The molecule has 3 N–H and O–H groups in total. The molecule has 2 rings (SSSR count). The summed E-state index contributed by atoms with van der Waals surface area (Å²) in [7, 11) is 1.73. The summed E-state index contributed by atoms with van der Waals surface area (Å²) in [5.41, 5.74) is 2.20. The van der Waals surface area contributed by atoms with Crippen molar-refractivity contribution < 1.29 is 4.79 Å². The van der Waals surface area contributed by atoms with Gasteiger partial charge in [0.15, 0.2) is 5.96 Å². The van der Waals surface area contributed by atoms with Crippen LogP contribution in [0.2, 0.25) is 0 Å². The van der Waals surface area contributed by atoms with E-state index in [1.165, 1.54) is 5.56 Å². The van der Waals surface area contributed by atoms with Crippen LogP contribution in [-0.2, 0) is 11.2 Å². The van der Waals surface area contributed by atoms with E-state index in [1.807, 2.05) is 25.1 Å². The molecule has 6 nitrogen and oxygen atoms in total. The quantitative estimate of drug-likeness (QED) is 0.495. The van der Waals surface area contributed by atoms with Crippen molar-refractivity contribution in [1.82, 2.24) is 15.6 Å². The van der Waals surface area contributed by atoms with Crippen molar-refractivity contribution in [2.75, 3.05) is 18.9 Å². The molecule has 0 fully saturated rings. The minimum absolute atomic E-state index is 0.0758. The highest BCUT2D eigenvalue weighted by atomic mass is 16.1. The predicted molar refractivity (Wildman–Crippen MR) is 111 cm³/mol. The second-order valence-electron chi connectivity index (χ2n) is 6.53. The summed E-state index contributed by atoms with van der Waals surface area (Å²) in [5, 5.41) is 9.35. The summed E-state index contributed by atoms with van der Waals surface area (Å²) in [6.45, 7) is 4.53. The molecule has 1 aromatic carbocycles. The lowest BCUT2D eigenvalue weighted by molar-refractivity contribution is -0.116. The first-order valence-electron chi connectivity index (χ1n) is 9.31. The van der Waals surface area contributed by atoms with Gasteiger partial charge in [-0.3, -0.25) is 9.79 Å². The molecule has 0 saturated heterocycles. The van der Waals surface area contributed by atoms with Gasteiger partial charge in [0.25, 0.3) is 0 Å². The van der Waals surface area contributed by atoms with Crippen molar-refractivity contribution >= 4 is 17.7 Å². The van der Waals surface area contributed by atoms with Gasteiger partial charge in [0.05, 0.1) is 0 Å². The zero-order chi connectivity index (χ0) is 19.5. The monoisotopic (exact) mass is 367 g/mol. The van der Waals surface area contributed by atoms with Gasteiger partial charge < -0.3 is 16.0 Å². The normalized spacial score (nSPS) is 12.3. The Kier molecular flexibility index (Phi) is 8.29. The van der Waals surface area contributed by atoms with Crippen LogP contribution in [0.25, 0.3) is 0 Å². The van der Waals surface area contributed by atoms with Crippen molar-refractivity contribution in [3.8, 4) is 0 Å². The number of aromatic nitrogens is 1. The number of aliphatic imine (C=N–C) groups is 1. The summed E-state index contributed by atoms with van der Waals surface area (Å²) in [6, 6.07) is 16.3. The predicted octanol–water partition coefficient (Wildman–Crippen LogP) is 2.90. The fraction of sp³-hybridized carbons (Fsp3) is 0.381. The van der Waals surface area contributed by atoms with Crippen molar-refractivity contribution in [3.63, 3.8) is 0 Å². The second-order valence-corrected chi connectivity index (χ2v) is 6.53. The number of anilines is 1. The first-order valence-corrected chi connectivity index (χ1v) is 9.31. The zero-order valence-electron chi connectivity index (χ0n) is 16.3. The average molecular weight is 367 g/mol. The third-order valence-electron chi connectivity index (χ3n) is 4.12. The van der Waals surface area contributed by atoms with Gasteiger partial charge in [0.2, 0.25) is 5.91 Å². The molecular weight excluding hydrogens is 338 g/mol. The van der Waals surface area contributed by atoms with Crippen LogP contribution in [0.5, 0.6) is 0 Å². The molecule has 0 radical (unpaired) electrons. The highest BCUT2D eigenvalue weighted by Crippen LogP contribution is 2.05. The third kappa shape index (κ3) is 7.90. The van der Waals surface area contributed by atoms with Crippen molar-refractivity contribution in [3.05, 3.63) is 59.8 Å². The minimum Gasteiger partial charge on any atom is -0.356 e. The van der Waals surface area contributed by atoms with E-state index in [4.69, 9.17) is 0 Å². The number of benzene rings is 1. The molecule has 1 unspecified atom stereocenters. The van der Waals surface area contributed by atoms with E-state index in [0.29, 0.717) is 24.7 Å². The fourth-order valence-electron chi connectivity index (χ4n) is 2.64. The van der Waals surface area contributed by atoms with E-state index in [2.05, 4.69) is 57.1 Å². The Morgan fingerprint density at radius 1 is 1.15 bits per heavy atom. The second kappa shape index (κ2) is 11.0. The summed E-state index contributed by atoms with van der Waals surface area (Å²) >= 11 is 0. The Morgan fingerprint density at radius 2 is 1.93 bits per heavy atom. The van der Waals surface area contributed by atoms with Gasteiger partial charge >= 0.3 is 0 Å². The van der Waals surface area contributed by atoms with E-state index < -0.39 is 0 Å². The van der Waals surface area contributed by atoms with Gasteiger partial charge in [-0.2, -0.15) is 0 Å². The Hall–Kier alpha value is -2.89. The number of nitrogens with zero attached hydrogens (tertiary/aromatic N) is 2. The molecule has 1 amide bonds. The molecule has 1 aromatic heterocycles.